The first-order chi connectivity index (χ1) is 11.2. The lowest BCUT2D eigenvalue weighted by molar-refractivity contribution is 0.414. The summed E-state index contributed by atoms with van der Waals surface area (Å²) in [5.41, 5.74) is 4.73. The van der Waals surface area contributed by atoms with Gasteiger partial charge in [-0.3, -0.25) is 0 Å². The number of hydrogen-bond donors (Lipinski definition) is 2. The van der Waals surface area contributed by atoms with Gasteiger partial charge in [-0.25, -0.2) is 4.98 Å². The second-order valence-corrected chi connectivity index (χ2v) is 6.75. The zero-order valence-electron chi connectivity index (χ0n) is 14.1. The number of aromatic nitrogens is 3. The van der Waals surface area contributed by atoms with E-state index in [1.807, 2.05) is 7.05 Å². The highest BCUT2D eigenvalue weighted by Gasteiger charge is 2.23. The highest BCUT2D eigenvalue weighted by molar-refractivity contribution is 5.91. The summed E-state index contributed by atoms with van der Waals surface area (Å²) in [6, 6.07) is 0.415. The maximum Gasteiger partial charge on any atom is 0.226 e. The Morgan fingerprint density at radius 2 is 2.04 bits per heavy atom. The van der Waals surface area contributed by atoms with Gasteiger partial charge in [-0.1, -0.05) is 0 Å². The molecule has 1 aliphatic heterocycles. The van der Waals surface area contributed by atoms with Crippen LogP contribution in [0.4, 0.5) is 11.8 Å². The number of anilines is 2. The Hall–Kier alpha value is -1.95. The van der Waals surface area contributed by atoms with Crippen molar-refractivity contribution in [2.75, 3.05) is 37.8 Å². The van der Waals surface area contributed by atoms with Crippen LogP contribution in [0.1, 0.15) is 29.7 Å². The van der Waals surface area contributed by atoms with E-state index in [9.17, 15) is 0 Å². The van der Waals surface area contributed by atoms with E-state index in [1.165, 1.54) is 23.2 Å². The number of fused-ring (bicyclic) bond motifs is 2. The third kappa shape index (κ3) is 2.51. The molecule has 0 saturated carbocycles. The molecular formula is C17H24N6. The molecule has 2 aromatic rings. The van der Waals surface area contributed by atoms with Gasteiger partial charge < -0.3 is 15.5 Å². The van der Waals surface area contributed by atoms with Gasteiger partial charge in [0, 0.05) is 25.3 Å². The zero-order valence-corrected chi connectivity index (χ0v) is 14.1. The monoisotopic (exact) mass is 312 g/mol. The van der Waals surface area contributed by atoms with Crippen molar-refractivity contribution >= 4 is 22.8 Å². The molecule has 0 bridgehead atoms. The molecule has 0 amide bonds. The molecule has 2 aromatic heterocycles. The van der Waals surface area contributed by atoms with Crippen molar-refractivity contribution in [1.82, 2.24) is 19.9 Å². The van der Waals surface area contributed by atoms with Gasteiger partial charge in [-0.15, -0.1) is 0 Å². The minimum atomic E-state index is 0.415. The molecule has 1 saturated heterocycles. The van der Waals surface area contributed by atoms with Crippen molar-refractivity contribution in [2.45, 2.75) is 38.6 Å². The molecule has 6 nitrogen and oxygen atoms in total. The molecule has 0 spiro atoms. The number of aryl methyl sites for hydroxylation is 2. The van der Waals surface area contributed by atoms with Crippen molar-refractivity contribution in [3.8, 4) is 0 Å². The predicted octanol–water partition coefficient (Wildman–Crippen LogP) is 1.98. The van der Waals surface area contributed by atoms with Crippen LogP contribution in [0.15, 0.2) is 0 Å². The molecular weight excluding hydrogens is 288 g/mol. The zero-order chi connectivity index (χ0) is 16.0. The van der Waals surface area contributed by atoms with E-state index in [0.717, 1.165) is 49.2 Å². The number of likely N-dealkylation sites (tertiary alicyclic amines) is 1. The normalized spacial score (nSPS) is 20.9. The Kier molecular flexibility index (Phi) is 3.56. The summed E-state index contributed by atoms with van der Waals surface area (Å²) >= 11 is 0. The van der Waals surface area contributed by atoms with Crippen molar-refractivity contribution in [3.05, 3.63) is 16.8 Å². The average molecular weight is 312 g/mol. The summed E-state index contributed by atoms with van der Waals surface area (Å²) in [5, 5.41) is 7.79. The molecule has 6 heteroatoms. The summed E-state index contributed by atoms with van der Waals surface area (Å²) in [6.45, 7) is 4.33. The molecule has 0 aromatic carbocycles. The van der Waals surface area contributed by atoms with Crippen LogP contribution in [0.5, 0.6) is 0 Å². The number of nitrogens with zero attached hydrogens (tertiary/aromatic N) is 4. The Labute approximate surface area is 136 Å². The summed E-state index contributed by atoms with van der Waals surface area (Å²) < 4.78 is 0. The summed E-state index contributed by atoms with van der Waals surface area (Å²) in [5.74, 6) is 1.57. The van der Waals surface area contributed by atoms with Crippen molar-refractivity contribution in [1.29, 1.82) is 0 Å². The van der Waals surface area contributed by atoms with E-state index >= 15 is 0 Å². The van der Waals surface area contributed by atoms with Gasteiger partial charge in [-0.05, 0) is 57.3 Å². The lowest BCUT2D eigenvalue weighted by Gasteiger charge is -2.16. The quantitative estimate of drug-likeness (QED) is 0.903. The lowest BCUT2D eigenvalue weighted by atomic mass is 10.1. The van der Waals surface area contributed by atoms with Crippen LogP contribution in [0.3, 0.4) is 0 Å². The number of hydrogen-bond acceptors (Lipinski definition) is 6. The second kappa shape index (κ2) is 5.60. The highest BCUT2D eigenvalue weighted by atomic mass is 15.2. The maximum absolute atomic E-state index is 4.83. The first kappa shape index (κ1) is 14.6. The number of likely N-dealkylation sites (N-methyl/N-ethyl adjacent to an activating group) is 1. The molecule has 2 aliphatic rings. The van der Waals surface area contributed by atoms with E-state index in [0.29, 0.717) is 12.0 Å². The van der Waals surface area contributed by atoms with Crippen LogP contribution >= 0.6 is 0 Å². The van der Waals surface area contributed by atoms with Crippen LogP contribution in [0.2, 0.25) is 0 Å². The minimum Gasteiger partial charge on any atom is -0.372 e. The molecule has 1 unspecified atom stereocenters. The standard InChI is InChI=1S/C17H24N6/c1-10-12-5-4-6-13(12)20-16-14(10)15(18-2)21-17(22-16)19-11-7-8-23(3)9-11/h11H,4-9H2,1-3H3,(H2,18,19,20,21,22). The first-order valence-electron chi connectivity index (χ1n) is 8.48. The van der Waals surface area contributed by atoms with Gasteiger partial charge in [0.05, 0.1) is 5.39 Å². The fourth-order valence-electron chi connectivity index (χ4n) is 3.89. The molecule has 0 radical (unpaired) electrons. The molecule has 1 fully saturated rings. The molecule has 1 atom stereocenters. The van der Waals surface area contributed by atoms with Gasteiger partial charge in [0.15, 0.2) is 5.65 Å². The maximum atomic E-state index is 4.83. The first-order valence-corrected chi connectivity index (χ1v) is 8.48. The minimum absolute atomic E-state index is 0.415. The van der Waals surface area contributed by atoms with E-state index in [-0.39, 0.29) is 0 Å². The number of rotatable bonds is 3. The van der Waals surface area contributed by atoms with Gasteiger partial charge >= 0.3 is 0 Å². The van der Waals surface area contributed by atoms with E-state index in [4.69, 9.17) is 15.0 Å². The topological polar surface area (TPSA) is 66.0 Å². The highest BCUT2D eigenvalue weighted by Crippen LogP contribution is 2.32. The van der Waals surface area contributed by atoms with Crippen molar-refractivity contribution in [3.63, 3.8) is 0 Å². The molecule has 2 N–H and O–H groups in total. The Balaban J connectivity index is 1.77. The molecule has 4 rings (SSSR count). The molecule has 122 valence electrons. The molecule has 1 aliphatic carbocycles. The van der Waals surface area contributed by atoms with Crippen LogP contribution < -0.4 is 10.6 Å². The fourth-order valence-corrected chi connectivity index (χ4v) is 3.89. The van der Waals surface area contributed by atoms with E-state index < -0.39 is 0 Å². The van der Waals surface area contributed by atoms with Gasteiger partial charge in [-0.2, -0.15) is 9.97 Å². The van der Waals surface area contributed by atoms with Crippen molar-refractivity contribution in [2.24, 2.45) is 0 Å². The lowest BCUT2D eigenvalue weighted by Crippen LogP contribution is -2.24. The fraction of sp³-hybridized carbons (Fsp3) is 0.588. The predicted molar refractivity (Wildman–Crippen MR) is 93.2 cm³/mol. The van der Waals surface area contributed by atoms with E-state index in [2.05, 4.69) is 29.5 Å². The third-order valence-electron chi connectivity index (χ3n) is 5.11. The van der Waals surface area contributed by atoms with Crippen LogP contribution in [-0.4, -0.2) is 53.1 Å². The number of pyridine rings is 1. The Bertz CT molecular complexity index is 757. The average Bonchev–Trinajstić information content (AvgIpc) is 3.15. The molecule has 23 heavy (non-hydrogen) atoms. The van der Waals surface area contributed by atoms with Crippen LogP contribution in [0, 0.1) is 6.92 Å². The Morgan fingerprint density at radius 1 is 1.17 bits per heavy atom. The summed E-state index contributed by atoms with van der Waals surface area (Å²) in [6.07, 6.45) is 4.52. The summed E-state index contributed by atoms with van der Waals surface area (Å²) in [7, 11) is 4.07. The van der Waals surface area contributed by atoms with Gasteiger partial charge in [0.1, 0.15) is 5.82 Å². The van der Waals surface area contributed by atoms with Crippen LogP contribution in [0.25, 0.3) is 11.0 Å². The molecule has 3 heterocycles. The number of nitrogens with one attached hydrogen (secondary N) is 2. The SMILES string of the molecule is CNc1nc(NC2CCN(C)C2)nc2nc3c(c(C)c12)CCC3. The van der Waals surface area contributed by atoms with Crippen LogP contribution in [-0.2, 0) is 12.8 Å². The Morgan fingerprint density at radius 3 is 2.78 bits per heavy atom. The second-order valence-electron chi connectivity index (χ2n) is 6.75. The summed E-state index contributed by atoms with van der Waals surface area (Å²) in [4.78, 5) is 16.6. The third-order valence-corrected chi connectivity index (χ3v) is 5.11. The van der Waals surface area contributed by atoms with E-state index in [1.54, 1.807) is 0 Å². The largest absolute Gasteiger partial charge is 0.372 e. The van der Waals surface area contributed by atoms with Gasteiger partial charge in [0.2, 0.25) is 5.95 Å². The van der Waals surface area contributed by atoms with Crippen molar-refractivity contribution < 1.29 is 0 Å². The van der Waals surface area contributed by atoms with Gasteiger partial charge in [0.25, 0.3) is 0 Å². The smallest absolute Gasteiger partial charge is 0.226 e.